The fourth-order valence-corrected chi connectivity index (χ4v) is 2.90. The summed E-state index contributed by atoms with van der Waals surface area (Å²) in [5, 5.41) is 12.8. The monoisotopic (exact) mass is 250 g/mol. The summed E-state index contributed by atoms with van der Waals surface area (Å²) < 4.78 is 0. The van der Waals surface area contributed by atoms with Crippen molar-refractivity contribution in [2.75, 3.05) is 11.1 Å². The van der Waals surface area contributed by atoms with Crippen LogP contribution in [0.5, 0.6) is 0 Å². The second-order valence-corrected chi connectivity index (χ2v) is 5.20. The minimum Gasteiger partial charge on any atom is -0.396 e. The van der Waals surface area contributed by atoms with Gasteiger partial charge in [-0.2, -0.15) is 5.26 Å². The Kier molecular flexibility index (Phi) is 2.94. The molecule has 1 aromatic heterocycles. The number of hydrogen-bond donors (Lipinski definition) is 3. The van der Waals surface area contributed by atoms with Crippen molar-refractivity contribution < 1.29 is 4.79 Å². The molecule has 2 atom stereocenters. The minimum absolute atomic E-state index is 0.196. The fraction of sp³-hybridized carbons (Fsp3) is 0.455. The number of rotatable bonds is 4. The van der Waals surface area contributed by atoms with E-state index in [1.165, 1.54) is 11.3 Å². The minimum atomic E-state index is -0.587. The highest BCUT2D eigenvalue weighted by molar-refractivity contribution is 7.17. The van der Waals surface area contributed by atoms with E-state index < -0.39 is 5.91 Å². The lowest BCUT2D eigenvalue weighted by Gasteiger charge is -2.04. The maximum atomic E-state index is 11.3. The molecule has 5 nitrogen and oxygen atoms in total. The van der Waals surface area contributed by atoms with Crippen LogP contribution in [-0.4, -0.2) is 11.9 Å². The molecule has 0 aromatic carbocycles. The quantitative estimate of drug-likeness (QED) is 0.753. The molecule has 1 fully saturated rings. The molecule has 90 valence electrons. The van der Waals surface area contributed by atoms with Crippen LogP contribution in [0.1, 0.15) is 35.0 Å². The third-order valence-electron chi connectivity index (χ3n) is 3.06. The number of nitriles is 1. The number of nitrogens with zero attached hydrogens (tertiary/aromatic N) is 1. The summed E-state index contributed by atoms with van der Waals surface area (Å²) in [7, 11) is 0. The molecular formula is C11H14N4OS. The molecule has 17 heavy (non-hydrogen) atoms. The van der Waals surface area contributed by atoms with Gasteiger partial charge < -0.3 is 16.8 Å². The number of primary amides is 1. The maximum absolute atomic E-state index is 11.3. The van der Waals surface area contributed by atoms with Gasteiger partial charge in [0.2, 0.25) is 0 Å². The van der Waals surface area contributed by atoms with Gasteiger partial charge >= 0.3 is 0 Å². The highest BCUT2D eigenvalue weighted by Crippen LogP contribution is 2.41. The molecule has 5 N–H and O–H groups in total. The van der Waals surface area contributed by atoms with Crippen LogP contribution in [0.2, 0.25) is 0 Å². The second kappa shape index (κ2) is 4.26. The molecule has 0 bridgehead atoms. The summed E-state index contributed by atoms with van der Waals surface area (Å²) in [6, 6.07) is 2.35. The lowest BCUT2D eigenvalue weighted by atomic mass is 10.2. The highest BCUT2D eigenvalue weighted by atomic mass is 32.1. The van der Waals surface area contributed by atoms with E-state index in [0.717, 1.165) is 12.8 Å². The third-order valence-corrected chi connectivity index (χ3v) is 4.10. The molecule has 6 heteroatoms. The SMILES string of the molecule is CCC1CC1Nc1sc(C#N)c(N)c1C(N)=O. The molecule has 1 amide bonds. The molecule has 1 aliphatic rings. The van der Waals surface area contributed by atoms with Crippen LogP contribution in [0.3, 0.4) is 0 Å². The summed E-state index contributed by atoms with van der Waals surface area (Å²) in [6.45, 7) is 2.13. The van der Waals surface area contributed by atoms with Gasteiger partial charge in [0, 0.05) is 6.04 Å². The Morgan fingerprint density at radius 3 is 2.88 bits per heavy atom. The first kappa shape index (κ1) is 11.7. The molecule has 1 heterocycles. The van der Waals surface area contributed by atoms with E-state index in [9.17, 15) is 4.79 Å². The average Bonchev–Trinajstić information content (AvgIpc) is 2.95. The number of nitrogens with one attached hydrogen (secondary N) is 1. The molecule has 2 unspecified atom stereocenters. The Hall–Kier alpha value is -1.74. The first-order valence-corrected chi connectivity index (χ1v) is 6.28. The van der Waals surface area contributed by atoms with Gasteiger partial charge in [0.1, 0.15) is 15.9 Å². The second-order valence-electron chi connectivity index (χ2n) is 4.18. The van der Waals surface area contributed by atoms with Crippen molar-refractivity contribution in [2.24, 2.45) is 11.7 Å². The average molecular weight is 250 g/mol. The number of anilines is 2. The van der Waals surface area contributed by atoms with E-state index in [1.807, 2.05) is 6.07 Å². The molecule has 2 rings (SSSR count). The van der Waals surface area contributed by atoms with Crippen molar-refractivity contribution in [1.82, 2.24) is 0 Å². The van der Waals surface area contributed by atoms with Crippen LogP contribution in [0.4, 0.5) is 10.7 Å². The first-order chi connectivity index (χ1) is 8.08. The van der Waals surface area contributed by atoms with E-state index in [-0.39, 0.29) is 11.3 Å². The van der Waals surface area contributed by atoms with Crippen molar-refractivity contribution in [2.45, 2.75) is 25.8 Å². The van der Waals surface area contributed by atoms with Crippen LogP contribution < -0.4 is 16.8 Å². The number of hydrogen-bond acceptors (Lipinski definition) is 5. The summed E-state index contributed by atoms with van der Waals surface area (Å²) >= 11 is 1.20. The summed E-state index contributed by atoms with van der Waals surface area (Å²) in [5.74, 6) is 0.0565. The van der Waals surface area contributed by atoms with Crippen LogP contribution >= 0.6 is 11.3 Å². The molecular weight excluding hydrogens is 236 g/mol. The summed E-state index contributed by atoms with van der Waals surface area (Å²) in [6.07, 6.45) is 2.20. The van der Waals surface area contributed by atoms with Gasteiger partial charge in [-0.1, -0.05) is 13.3 Å². The van der Waals surface area contributed by atoms with Gasteiger partial charge in [0.15, 0.2) is 0 Å². The first-order valence-electron chi connectivity index (χ1n) is 5.47. The molecule has 0 saturated heterocycles. The third kappa shape index (κ3) is 2.06. The van der Waals surface area contributed by atoms with Crippen molar-refractivity contribution in [1.29, 1.82) is 5.26 Å². The van der Waals surface area contributed by atoms with Gasteiger partial charge in [-0.05, 0) is 12.3 Å². The van der Waals surface area contributed by atoms with Crippen LogP contribution in [-0.2, 0) is 0 Å². The molecule has 0 spiro atoms. The number of thiophene rings is 1. The zero-order chi connectivity index (χ0) is 12.6. The maximum Gasteiger partial charge on any atom is 0.253 e. The Morgan fingerprint density at radius 1 is 1.71 bits per heavy atom. The van der Waals surface area contributed by atoms with Gasteiger partial charge in [-0.3, -0.25) is 4.79 Å². The lowest BCUT2D eigenvalue weighted by Crippen LogP contribution is -2.15. The van der Waals surface area contributed by atoms with Crippen molar-refractivity contribution >= 4 is 27.9 Å². The van der Waals surface area contributed by atoms with Gasteiger partial charge in [-0.15, -0.1) is 11.3 Å². The zero-order valence-electron chi connectivity index (χ0n) is 9.49. The van der Waals surface area contributed by atoms with Gasteiger partial charge in [0.25, 0.3) is 5.91 Å². The Morgan fingerprint density at radius 2 is 2.41 bits per heavy atom. The van der Waals surface area contributed by atoms with Gasteiger partial charge in [0.05, 0.1) is 11.3 Å². The number of nitrogens with two attached hydrogens (primary N) is 2. The normalized spacial score (nSPS) is 21.9. The van der Waals surface area contributed by atoms with E-state index in [2.05, 4.69) is 12.2 Å². The molecule has 1 aliphatic carbocycles. The molecule has 0 radical (unpaired) electrons. The Balaban J connectivity index is 2.27. The number of carbonyl (C=O) groups is 1. The molecule has 1 aromatic rings. The fourth-order valence-electron chi connectivity index (χ4n) is 1.92. The van der Waals surface area contributed by atoms with Crippen molar-refractivity contribution in [3.63, 3.8) is 0 Å². The lowest BCUT2D eigenvalue weighted by molar-refractivity contribution is 0.100. The standard InChI is InChI=1S/C11H14N4OS/c1-2-5-3-6(5)15-11-8(10(14)16)9(13)7(4-12)17-11/h5-6,15H,2-3,13H2,1H3,(H2,14,16). The van der Waals surface area contributed by atoms with Crippen LogP contribution in [0, 0.1) is 17.2 Å². The van der Waals surface area contributed by atoms with Crippen molar-refractivity contribution in [3.05, 3.63) is 10.4 Å². The molecule has 0 aliphatic heterocycles. The predicted octanol–water partition coefficient (Wildman–Crippen LogP) is 1.51. The summed E-state index contributed by atoms with van der Waals surface area (Å²) in [4.78, 5) is 11.7. The van der Waals surface area contributed by atoms with E-state index in [1.54, 1.807) is 0 Å². The van der Waals surface area contributed by atoms with E-state index in [0.29, 0.717) is 21.8 Å². The Bertz CT molecular complexity index is 502. The topological polar surface area (TPSA) is 105 Å². The summed E-state index contributed by atoms with van der Waals surface area (Å²) in [5.41, 5.74) is 11.5. The zero-order valence-corrected chi connectivity index (χ0v) is 10.3. The van der Waals surface area contributed by atoms with Crippen LogP contribution in [0.25, 0.3) is 0 Å². The van der Waals surface area contributed by atoms with Gasteiger partial charge in [-0.25, -0.2) is 0 Å². The predicted molar refractivity (Wildman–Crippen MR) is 67.8 cm³/mol. The number of nitrogen functional groups attached to an aromatic ring is 1. The van der Waals surface area contributed by atoms with Crippen molar-refractivity contribution in [3.8, 4) is 6.07 Å². The highest BCUT2D eigenvalue weighted by Gasteiger charge is 2.36. The van der Waals surface area contributed by atoms with E-state index >= 15 is 0 Å². The smallest absolute Gasteiger partial charge is 0.253 e. The number of amides is 1. The Labute approximate surface area is 103 Å². The number of carbonyl (C=O) groups excluding carboxylic acids is 1. The molecule has 1 saturated carbocycles. The van der Waals surface area contributed by atoms with Crippen LogP contribution in [0.15, 0.2) is 0 Å². The largest absolute Gasteiger partial charge is 0.396 e. The van der Waals surface area contributed by atoms with E-state index in [4.69, 9.17) is 16.7 Å².